The molecular weight excluding hydrogens is 192 g/mol. The minimum absolute atomic E-state index is 0.0322. The number of hydrogen-bond donors (Lipinski definition) is 1. The summed E-state index contributed by atoms with van der Waals surface area (Å²) in [6.07, 6.45) is -3.56. The van der Waals surface area contributed by atoms with Gasteiger partial charge in [0.2, 0.25) is 0 Å². The zero-order chi connectivity index (χ0) is 10.3. The SMILES string of the molecule is C[C@H](N)c1ccc2c(c1)OC(F)(F)O2. The maximum Gasteiger partial charge on any atom is 0.586 e. The first-order chi connectivity index (χ1) is 6.48. The average Bonchev–Trinajstić information content (AvgIpc) is 2.36. The molecule has 0 saturated carbocycles. The predicted octanol–water partition coefficient (Wildman–Crippen LogP) is 2.03. The summed E-state index contributed by atoms with van der Waals surface area (Å²) in [7, 11) is 0. The summed E-state index contributed by atoms with van der Waals surface area (Å²) in [5.41, 5.74) is 6.32. The number of nitrogens with two attached hydrogens (primary N) is 1. The molecule has 1 aromatic carbocycles. The molecule has 2 N–H and O–H groups in total. The highest BCUT2D eigenvalue weighted by molar-refractivity contribution is 5.45. The summed E-state index contributed by atoms with van der Waals surface area (Å²) < 4.78 is 33.7. The molecule has 0 saturated heterocycles. The molecule has 0 radical (unpaired) electrons. The van der Waals surface area contributed by atoms with Gasteiger partial charge in [-0.2, -0.15) is 0 Å². The summed E-state index contributed by atoms with van der Waals surface area (Å²) in [5.74, 6) is 0.0733. The number of hydrogen-bond acceptors (Lipinski definition) is 3. The Morgan fingerprint density at radius 1 is 1.29 bits per heavy atom. The Morgan fingerprint density at radius 2 is 1.93 bits per heavy atom. The van der Waals surface area contributed by atoms with Crippen molar-refractivity contribution in [3.8, 4) is 11.5 Å². The van der Waals surface area contributed by atoms with E-state index in [9.17, 15) is 8.78 Å². The van der Waals surface area contributed by atoms with Gasteiger partial charge in [0.1, 0.15) is 0 Å². The van der Waals surface area contributed by atoms with Crippen LogP contribution >= 0.6 is 0 Å². The van der Waals surface area contributed by atoms with Crippen molar-refractivity contribution in [3.63, 3.8) is 0 Å². The zero-order valence-electron chi connectivity index (χ0n) is 7.46. The fourth-order valence-corrected chi connectivity index (χ4v) is 1.25. The summed E-state index contributed by atoms with van der Waals surface area (Å²) in [6.45, 7) is 1.76. The van der Waals surface area contributed by atoms with Crippen molar-refractivity contribution in [1.29, 1.82) is 0 Å². The quantitative estimate of drug-likeness (QED) is 0.756. The average molecular weight is 201 g/mol. The molecule has 3 nitrogen and oxygen atoms in total. The van der Waals surface area contributed by atoms with E-state index < -0.39 is 6.29 Å². The molecule has 76 valence electrons. The lowest BCUT2D eigenvalue weighted by Gasteiger charge is -2.05. The van der Waals surface area contributed by atoms with Crippen LogP contribution in [0.1, 0.15) is 18.5 Å². The Kier molecular flexibility index (Phi) is 1.85. The monoisotopic (exact) mass is 201 g/mol. The minimum atomic E-state index is -3.56. The molecule has 1 aliphatic rings. The van der Waals surface area contributed by atoms with Crippen LogP contribution in [0.3, 0.4) is 0 Å². The molecule has 1 heterocycles. The van der Waals surface area contributed by atoms with Crippen molar-refractivity contribution in [2.45, 2.75) is 19.3 Å². The van der Waals surface area contributed by atoms with Crippen molar-refractivity contribution in [2.75, 3.05) is 0 Å². The maximum atomic E-state index is 12.6. The molecule has 0 unspecified atom stereocenters. The lowest BCUT2D eigenvalue weighted by atomic mass is 10.1. The molecule has 2 rings (SSSR count). The van der Waals surface area contributed by atoms with E-state index in [2.05, 4.69) is 9.47 Å². The number of halogens is 2. The third kappa shape index (κ3) is 1.50. The number of ether oxygens (including phenoxy) is 2. The van der Waals surface area contributed by atoms with Gasteiger partial charge in [0, 0.05) is 6.04 Å². The van der Waals surface area contributed by atoms with E-state index in [-0.39, 0.29) is 17.5 Å². The van der Waals surface area contributed by atoms with Crippen LogP contribution in [0, 0.1) is 0 Å². The maximum absolute atomic E-state index is 12.6. The second kappa shape index (κ2) is 2.81. The van der Waals surface area contributed by atoms with E-state index in [0.717, 1.165) is 5.56 Å². The van der Waals surface area contributed by atoms with Gasteiger partial charge in [-0.05, 0) is 24.6 Å². The molecule has 0 aliphatic carbocycles. The Morgan fingerprint density at radius 3 is 2.57 bits per heavy atom. The topological polar surface area (TPSA) is 44.5 Å². The largest absolute Gasteiger partial charge is 0.586 e. The van der Waals surface area contributed by atoms with Gasteiger partial charge in [0.25, 0.3) is 0 Å². The van der Waals surface area contributed by atoms with E-state index in [1.54, 1.807) is 13.0 Å². The Labute approximate surface area is 79.4 Å². The summed E-state index contributed by atoms with van der Waals surface area (Å²) in [5, 5.41) is 0. The summed E-state index contributed by atoms with van der Waals surface area (Å²) in [4.78, 5) is 0. The third-order valence-corrected chi connectivity index (χ3v) is 1.95. The third-order valence-electron chi connectivity index (χ3n) is 1.95. The molecular formula is C9H9F2NO2. The molecule has 0 fully saturated rings. The smallest absolute Gasteiger partial charge is 0.395 e. The molecule has 14 heavy (non-hydrogen) atoms. The van der Waals surface area contributed by atoms with Crippen LogP contribution in [0.2, 0.25) is 0 Å². The summed E-state index contributed by atoms with van der Waals surface area (Å²) >= 11 is 0. The van der Waals surface area contributed by atoms with Crippen LogP contribution < -0.4 is 15.2 Å². The molecule has 0 spiro atoms. The van der Waals surface area contributed by atoms with Gasteiger partial charge >= 0.3 is 6.29 Å². The highest BCUT2D eigenvalue weighted by Crippen LogP contribution is 2.41. The molecule has 1 aromatic rings. The van der Waals surface area contributed by atoms with Crippen LogP contribution in [0.4, 0.5) is 8.78 Å². The van der Waals surface area contributed by atoms with Crippen LogP contribution in [0.5, 0.6) is 11.5 Å². The standard InChI is InChI=1S/C9H9F2NO2/c1-5(12)6-2-3-7-8(4-6)14-9(10,11)13-7/h2-5H,12H2,1H3/t5-/m0/s1. The Balaban J connectivity index is 2.36. The molecule has 0 amide bonds. The van der Waals surface area contributed by atoms with E-state index in [1.165, 1.54) is 12.1 Å². The molecule has 1 atom stereocenters. The lowest BCUT2D eigenvalue weighted by Crippen LogP contribution is -2.25. The summed E-state index contributed by atoms with van der Waals surface area (Å²) in [6, 6.07) is 4.29. The van der Waals surface area contributed by atoms with Crippen LogP contribution in [-0.2, 0) is 0 Å². The van der Waals surface area contributed by atoms with E-state index in [1.807, 2.05) is 0 Å². The minimum Gasteiger partial charge on any atom is -0.395 e. The van der Waals surface area contributed by atoms with Crippen molar-refractivity contribution >= 4 is 0 Å². The van der Waals surface area contributed by atoms with Crippen molar-refractivity contribution in [1.82, 2.24) is 0 Å². The number of benzene rings is 1. The van der Waals surface area contributed by atoms with Gasteiger partial charge in [-0.25, -0.2) is 0 Å². The number of rotatable bonds is 1. The fraction of sp³-hybridized carbons (Fsp3) is 0.333. The molecule has 5 heteroatoms. The fourth-order valence-electron chi connectivity index (χ4n) is 1.25. The Hall–Kier alpha value is -1.36. The van der Waals surface area contributed by atoms with Crippen molar-refractivity contribution in [2.24, 2.45) is 5.73 Å². The van der Waals surface area contributed by atoms with E-state index in [0.29, 0.717) is 0 Å². The zero-order valence-corrected chi connectivity index (χ0v) is 7.46. The predicted molar refractivity (Wildman–Crippen MR) is 45.2 cm³/mol. The van der Waals surface area contributed by atoms with Crippen molar-refractivity contribution < 1.29 is 18.3 Å². The second-order valence-corrected chi connectivity index (χ2v) is 3.16. The van der Waals surface area contributed by atoms with Crippen LogP contribution in [0.25, 0.3) is 0 Å². The highest BCUT2D eigenvalue weighted by atomic mass is 19.3. The molecule has 0 bridgehead atoms. The first-order valence-electron chi connectivity index (χ1n) is 4.13. The normalized spacial score (nSPS) is 19.4. The van der Waals surface area contributed by atoms with Crippen molar-refractivity contribution in [3.05, 3.63) is 23.8 Å². The first-order valence-corrected chi connectivity index (χ1v) is 4.13. The number of alkyl halides is 2. The van der Waals surface area contributed by atoms with Crippen LogP contribution in [0.15, 0.2) is 18.2 Å². The highest BCUT2D eigenvalue weighted by Gasteiger charge is 2.43. The molecule has 0 aromatic heterocycles. The first kappa shape index (κ1) is 9.21. The number of fused-ring (bicyclic) bond motifs is 1. The van der Waals surface area contributed by atoms with Gasteiger partial charge < -0.3 is 15.2 Å². The van der Waals surface area contributed by atoms with E-state index in [4.69, 9.17) is 5.73 Å². The van der Waals surface area contributed by atoms with Gasteiger partial charge in [-0.3, -0.25) is 0 Å². The van der Waals surface area contributed by atoms with E-state index >= 15 is 0 Å². The molecule has 1 aliphatic heterocycles. The van der Waals surface area contributed by atoms with Gasteiger partial charge in [-0.15, -0.1) is 8.78 Å². The second-order valence-electron chi connectivity index (χ2n) is 3.16. The Bertz CT molecular complexity index is 366. The van der Waals surface area contributed by atoms with Crippen LogP contribution in [-0.4, -0.2) is 6.29 Å². The van der Waals surface area contributed by atoms with Gasteiger partial charge in [-0.1, -0.05) is 6.07 Å². The van der Waals surface area contributed by atoms with Gasteiger partial charge in [0.05, 0.1) is 0 Å². The van der Waals surface area contributed by atoms with Gasteiger partial charge in [0.15, 0.2) is 11.5 Å². The lowest BCUT2D eigenvalue weighted by molar-refractivity contribution is -0.286.